The Hall–Kier alpha value is -5.27. The zero-order chi connectivity index (χ0) is 60.2. The molecule has 1 heterocycles. The number of unbranched alkanes of at least 4 members (excludes halogenated alkanes) is 5. The van der Waals surface area contributed by atoms with Gasteiger partial charge in [-0.25, -0.2) is 0 Å². The maximum absolute atomic E-state index is 14.4. The third-order valence-electron chi connectivity index (χ3n) is 13.3. The number of fused-ring (bicyclic) bond motifs is 1. The number of nitrogens with two attached hydrogens (primary N) is 2. The highest BCUT2D eigenvalue weighted by Crippen LogP contribution is 2.44. The highest BCUT2D eigenvalue weighted by atomic mass is 32.2. The number of benzene rings is 2. The van der Waals surface area contributed by atoms with Crippen molar-refractivity contribution in [2.24, 2.45) is 21.8 Å². The van der Waals surface area contributed by atoms with Gasteiger partial charge in [-0.2, -0.15) is 8.42 Å². The SMILES string of the molecule is CCCCCCCCNC(=O)[C@H](Cc1ccccc1)NC[C@@H](COC(C)(C)C)NC(=O)[C@@H](NC(=O)[C@H](CCC(=O)N/C(N)=N\S(=O)(=O)c1c(C)c(C)c2c(c1C)CC(C)(C)O2)NC(=O)COCCOCCOCCOCCN)C(C)C. The summed E-state index contributed by atoms with van der Waals surface area (Å²) in [6, 6.07) is 5.77. The summed E-state index contributed by atoms with van der Waals surface area (Å²) in [5.74, 6) is -3.57. The van der Waals surface area contributed by atoms with E-state index < -0.39 is 93.9 Å². The molecule has 2 aromatic carbocycles. The van der Waals surface area contributed by atoms with Crippen LogP contribution >= 0.6 is 0 Å². The van der Waals surface area contributed by atoms with Crippen LogP contribution in [0.25, 0.3) is 0 Å². The summed E-state index contributed by atoms with van der Waals surface area (Å²) in [5, 5.41) is 17.2. The maximum Gasteiger partial charge on any atom is 0.286 e. The van der Waals surface area contributed by atoms with E-state index in [1.165, 1.54) is 12.8 Å². The van der Waals surface area contributed by atoms with Gasteiger partial charge in [-0.3, -0.25) is 29.3 Å². The third-order valence-corrected chi connectivity index (χ3v) is 14.9. The lowest BCUT2D eigenvalue weighted by molar-refractivity contribution is -0.135. The summed E-state index contributed by atoms with van der Waals surface area (Å²) in [4.78, 5) is 69.2. The number of hydrogen-bond acceptors (Lipinski definition) is 15. The van der Waals surface area contributed by atoms with Crippen molar-refractivity contribution in [3.63, 3.8) is 0 Å². The molecule has 3 rings (SSSR count). The molecule has 458 valence electrons. The Morgan fingerprint density at radius 3 is 2.00 bits per heavy atom. The van der Waals surface area contributed by atoms with Crippen molar-refractivity contribution in [3.8, 4) is 5.75 Å². The molecular formula is C58H97N9O13S. The van der Waals surface area contributed by atoms with Gasteiger partial charge in [-0.15, -0.1) is 4.40 Å². The van der Waals surface area contributed by atoms with Crippen LogP contribution in [0, 0.1) is 26.7 Å². The maximum atomic E-state index is 14.4. The number of guanidine groups is 1. The van der Waals surface area contributed by atoms with Crippen molar-refractivity contribution in [2.45, 2.75) is 181 Å². The number of nitrogens with zero attached hydrogens (tertiary/aromatic N) is 1. The van der Waals surface area contributed by atoms with E-state index in [2.05, 4.69) is 43.2 Å². The quantitative estimate of drug-likeness (QED) is 0.0268. The molecule has 1 aliphatic rings. The fraction of sp³-hybridized carbons (Fsp3) is 0.690. The van der Waals surface area contributed by atoms with Gasteiger partial charge in [-0.1, -0.05) is 83.2 Å². The molecule has 10 N–H and O–H groups in total. The zero-order valence-electron chi connectivity index (χ0n) is 50.1. The molecule has 0 spiro atoms. The number of sulfonamides is 1. The summed E-state index contributed by atoms with van der Waals surface area (Å²) in [7, 11) is -4.45. The molecule has 81 heavy (non-hydrogen) atoms. The number of amides is 5. The lowest BCUT2D eigenvalue weighted by atomic mass is 9.94. The molecule has 2 aromatic rings. The Morgan fingerprint density at radius 2 is 1.38 bits per heavy atom. The Labute approximate surface area is 481 Å². The second kappa shape index (κ2) is 35.7. The topological polar surface area (TPSA) is 311 Å². The van der Waals surface area contributed by atoms with E-state index in [9.17, 15) is 32.4 Å². The van der Waals surface area contributed by atoms with E-state index in [1.54, 1.807) is 34.6 Å². The van der Waals surface area contributed by atoms with Crippen molar-refractivity contribution in [1.29, 1.82) is 0 Å². The molecule has 1 aliphatic heterocycles. The second-order valence-corrected chi connectivity index (χ2v) is 24.0. The van der Waals surface area contributed by atoms with E-state index >= 15 is 0 Å². The molecule has 5 amide bonds. The molecule has 22 nitrogen and oxygen atoms in total. The monoisotopic (exact) mass is 1160 g/mol. The van der Waals surface area contributed by atoms with Crippen LogP contribution < -0.4 is 48.1 Å². The van der Waals surface area contributed by atoms with Crippen LogP contribution in [-0.4, -0.2) is 158 Å². The summed E-state index contributed by atoms with van der Waals surface area (Å²) >= 11 is 0. The number of carbonyl (C=O) groups excluding carboxylic acids is 5. The average Bonchev–Trinajstić information content (AvgIpc) is 3.83. The van der Waals surface area contributed by atoms with Crippen LogP contribution in [0.15, 0.2) is 39.6 Å². The minimum Gasteiger partial charge on any atom is -0.487 e. The molecular weight excluding hydrogens is 1060 g/mol. The first-order valence-corrected chi connectivity index (χ1v) is 30.0. The highest BCUT2D eigenvalue weighted by Gasteiger charge is 2.37. The van der Waals surface area contributed by atoms with Gasteiger partial charge in [0.15, 0.2) is 0 Å². The van der Waals surface area contributed by atoms with Gasteiger partial charge in [-0.05, 0) is 103 Å². The third kappa shape index (κ3) is 26.2. The molecule has 0 fully saturated rings. The molecule has 0 saturated carbocycles. The van der Waals surface area contributed by atoms with Crippen LogP contribution in [-0.2, 0) is 70.5 Å². The molecule has 4 atom stereocenters. The molecule has 0 saturated heterocycles. The van der Waals surface area contributed by atoms with E-state index in [4.69, 9.17) is 39.9 Å². The molecule has 0 radical (unpaired) electrons. The molecule has 0 aromatic heterocycles. The second-order valence-electron chi connectivity index (χ2n) is 22.5. The molecule has 0 bridgehead atoms. The van der Waals surface area contributed by atoms with Crippen LogP contribution in [0.5, 0.6) is 5.75 Å². The van der Waals surface area contributed by atoms with E-state index in [0.717, 1.165) is 36.8 Å². The standard InChI is InChI=1S/C58H97N9O13S/c1-12-13-14-15-16-20-26-61-53(70)47(34-43-21-18-17-19-22-43)62-36-44(37-79-57(7,8)9)63-55(72)50(39(2)3)66-54(71)46(64-49(69)38-78-33-32-77-31-30-76-29-28-75-27-25-59)23-24-48(68)65-56(60)67-81(73,74)52-41(5)40(4)51-45(42(52)6)35-58(10,11)80-51/h17-19,21-22,39,44,46-47,50,62H,12-16,20,23-38,59H2,1-11H3,(H,61,70)(H,63,72)(H,64,69)(H,66,71)(H3,60,65,67,68)/t44-,46-,47-,50-/m0/s1. The first kappa shape index (κ1) is 70.0. The van der Waals surface area contributed by atoms with Crippen molar-refractivity contribution >= 4 is 45.5 Å². The van der Waals surface area contributed by atoms with Crippen molar-refractivity contribution in [3.05, 3.63) is 58.1 Å². The first-order chi connectivity index (χ1) is 38.3. The minimum atomic E-state index is -4.45. The van der Waals surface area contributed by atoms with E-state index in [1.807, 2.05) is 65.0 Å². The van der Waals surface area contributed by atoms with Crippen LogP contribution in [0.2, 0.25) is 0 Å². The number of hydrogen-bond donors (Lipinski definition) is 8. The van der Waals surface area contributed by atoms with E-state index in [0.29, 0.717) is 74.8 Å². The molecule has 0 aliphatic carbocycles. The van der Waals surface area contributed by atoms with Gasteiger partial charge in [0, 0.05) is 38.0 Å². The van der Waals surface area contributed by atoms with Crippen LogP contribution in [0.1, 0.15) is 135 Å². The summed E-state index contributed by atoms with van der Waals surface area (Å²) in [6.45, 7) is 22.9. The highest BCUT2D eigenvalue weighted by molar-refractivity contribution is 7.90. The minimum absolute atomic E-state index is 0.0328. The van der Waals surface area contributed by atoms with Crippen molar-refractivity contribution < 1.29 is 60.8 Å². The van der Waals surface area contributed by atoms with Crippen molar-refractivity contribution in [2.75, 3.05) is 79.1 Å². The lowest BCUT2D eigenvalue weighted by Gasteiger charge is -2.30. The van der Waals surface area contributed by atoms with Crippen LogP contribution in [0.4, 0.5) is 0 Å². The number of carbonyl (C=O) groups is 5. The van der Waals surface area contributed by atoms with Gasteiger partial charge in [0.05, 0.1) is 75.4 Å². The average molecular weight is 1160 g/mol. The van der Waals surface area contributed by atoms with Gasteiger partial charge in [0.1, 0.15) is 30.0 Å². The number of ether oxygens (including phenoxy) is 6. The normalized spacial score (nSPS) is 14.8. The van der Waals surface area contributed by atoms with Gasteiger partial charge in [0.2, 0.25) is 35.5 Å². The Balaban J connectivity index is 1.79. The van der Waals surface area contributed by atoms with E-state index in [-0.39, 0.29) is 50.2 Å². The number of nitrogens with one attached hydrogen (secondary N) is 6. The summed E-state index contributed by atoms with van der Waals surface area (Å²) < 4.78 is 65.5. The largest absolute Gasteiger partial charge is 0.487 e. The molecule has 0 unspecified atom stereocenters. The summed E-state index contributed by atoms with van der Waals surface area (Å²) in [6.07, 6.45) is 6.61. The lowest BCUT2D eigenvalue weighted by Crippen LogP contribution is -2.59. The first-order valence-electron chi connectivity index (χ1n) is 28.6. The Kier molecular flexibility index (Phi) is 30.8. The fourth-order valence-corrected chi connectivity index (χ4v) is 10.4. The summed E-state index contributed by atoms with van der Waals surface area (Å²) in [5.41, 5.74) is 13.6. The predicted octanol–water partition coefficient (Wildman–Crippen LogP) is 3.85. The van der Waals surface area contributed by atoms with Gasteiger partial charge < -0.3 is 66.5 Å². The molecule has 23 heteroatoms. The fourth-order valence-electron chi connectivity index (χ4n) is 8.94. The van der Waals surface area contributed by atoms with Crippen LogP contribution in [0.3, 0.4) is 0 Å². The van der Waals surface area contributed by atoms with Gasteiger partial charge in [0.25, 0.3) is 10.0 Å². The van der Waals surface area contributed by atoms with Crippen molar-refractivity contribution in [1.82, 2.24) is 31.9 Å². The Morgan fingerprint density at radius 1 is 0.765 bits per heavy atom. The zero-order valence-corrected chi connectivity index (χ0v) is 51.0. The van der Waals surface area contributed by atoms with Gasteiger partial charge >= 0.3 is 0 Å². The number of rotatable bonds is 39. The smallest absolute Gasteiger partial charge is 0.286 e. The Bertz CT molecular complexity index is 2440. The predicted molar refractivity (Wildman–Crippen MR) is 312 cm³/mol.